The van der Waals surface area contributed by atoms with Crippen LogP contribution in [0.5, 0.6) is 0 Å². The van der Waals surface area contributed by atoms with Crippen LogP contribution in [0.25, 0.3) is 0 Å². The molecule has 0 amide bonds. The van der Waals surface area contributed by atoms with Crippen molar-refractivity contribution in [1.29, 1.82) is 0 Å². The molecular weight excluding hydrogens is 202 g/mol. The predicted octanol–water partition coefficient (Wildman–Crippen LogP) is 1.76. The quantitative estimate of drug-likeness (QED) is 0.725. The zero-order valence-electron chi connectivity index (χ0n) is 9.88. The fourth-order valence-corrected chi connectivity index (χ4v) is 2.07. The van der Waals surface area contributed by atoms with Gasteiger partial charge >= 0.3 is 0 Å². The van der Waals surface area contributed by atoms with E-state index in [1.165, 1.54) is 25.7 Å². The molecule has 88 valence electrons. The van der Waals surface area contributed by atoms with Crippen molar-refractivity contribution in [3.8, 4) is 0 Å². The van der Waals surface area contributed by atoms with Gasteiger partial charge in [-0.2, -0.15) is 4.98 Å². The number of anilines is 3. The zero-order chi connectivity index (χ0) is 11.5. The van der Waals surface area contributed by atoms with Crippen molar-refractivity contribution in [3.05, 3.63) is 5.69 Å². The molecule has 0 bridgehead atoms. The number of nitrogens with zero attached hydrogens (tertiary/aromatic N) is 2. The summed E-state index contributed by atoms with van der Waals surface area (Å²) in [5.74, 6) is 1.39. The van der Waals surface area contributed by atoms with Crippen molar-refractivity contribution in [1.82, 2.24) is 9.97 Å². The lowest BCUT2D eigenvalue weighted by molar-refractivity contribution is 0.750. The smallest absolute Gasteiger partial charge is 0.224 e. The number of aryl methyl sites for hydroxylation is 1. The molecular formula is C11H19N5. The maximum atomic E-state index is 5.97. The third kappa shape index (κ3) is 2.18. The minimum atomic E-state index is 0.515. The number of hydrogen-bond acceptors (Lipinski definition) is 5. The van der Waals surface area contributed by atoms with Crippen LogP contribution in [0.15, 0.2) is 0 Å². The molecule has 16 heavy (non-hydrogen) atoms. The van der Waals surface area contributed by atoms with Gasteiger partial charge in [-0.15, -0.1) is 0 Å². The summed E-state index contributed by atoms with van der Waals surface area (Å²) in [6, 6.07) is 0.515. The number of rotatable bonds is 3. The standard InChI is InChI=1S/C11H19N5/c1-7-9(12)10(16-11(13-2)14-7)15-8-5-3-4-6-8/h8H,3-6,12H2,1-2H3,(H2,13,14,15,16). The van der Waals surface area contributed by atoms with Gasteiger partial charge in [0.05, 0.1) is 11.4 Å². The maximum Gasteiger partial charge on any atom is 0.224 e. The van der Waals surface area contributed by atoms with Gasteiger partial charge in [0.1, 0.15) is 0 Å². The van der Waals surface area contributed by atoms with Crippen molar-refractivity contribution in [2.45, 2.75) is 38.6 Å². The Hall–Kier alpha value is -1.52. The normalized spacial score (nSPS) is 16.4. The van der Waals surface area contributed by atoms with Crippen LogP contribution in [0.3, 0.4) is 0 Å². The summed E-state index contributed by atoms with van der Waals surface area (Å²) < 4.78 is 0. The lowest BCUT2D eigenvalue weighted by atomic mass is 10.2. The monoisotopic (exact) mass is 221 g/mol. The van der Waals surface area contributed by atoms with Gasteiger partial charge in [0.2, 0.25) is 5.95 Å². The first kappa shape index (κ1) is 11.0. The molecule has 0 aromatic carbocycles. The second kappa shape index (κ2) is 4.55. The van der Waals surface area contributed by atoms with E-state index in [0.29, 0.717) is 17.7 Å². The van der Waals surface area contributed by atoms with Gasteiger partial charge < -0.3 is 16.4 Å². The Balaban J connectivity index is 2.20. The first-order valence-electron chi connectivity index (χ1n) is 5.79. The van der Waals surface area contributed by atoms with Gasteiger partial charge in [0.15, 0.2) is 5.82 Å². The lowest BCUT2D eigenvalue weighted by Gasteiger charge is -2.16. The van der Waals surface area contributed by atoms with E-state index in [1.807, 2.05) is 14.0 Å². The van der Waals surface area contributed by atoms with Crippen LogP contribution in [0.2, 0.25) is 0 Å². The van der Waals surface area contributed by atoms with Crippen LogP contribution in [0.4, 0.5) is 17.5 Å². The molecule has 1 aromatic rings. The molecule has 5 heteroatoms. The van der Waals surface area contributed by atoms with Gasteiger partial charge in [0, 0.05) is 13.1 Å². The lowest BCUT2D eigenvalue weighted by Crippen LogP contribution is -2.18. The Morgan fingerprint density at radius 1 is 1.25 bits per heavy atom. The highest BCUT2D eigenvalue weighted by atomic mass is 15.2. The molecule has 1 aliphatic carbocycles. The maximum absolute atomic E-state index is 5.97. The first-order valence-corrected chi connectivity index (χ1v) is 5.79. The molecule has 1 heterocycles. The van der Waals surface area contributed by atoms with E-state index in [4.69, 9.17) is 5.73 Å². The van der Waals surface area contributed by atoms with Gasteiger partial charge in [-0.3, -0.25) is 0 Å². The third-order valence-corrected chi connectivity index (χ3v) is 3.06. The SMILES string of the molecule is CNc1nc(C)c(N)c(NC2CCCC2)n1. The van der Waals surface area contributed by atoms with E-state index >= 15 is 0 Å². The minimum Gasteiger partial charge on any atom is -0.394 e. The molecule has 1 saturated carbocycles. The minimum absolute atomic E-state index is 0.515. The Morgan fingerprint density at radius 3 is 2.56 bits per heavy atom. The fraction of sp³-hybridized carbons (Fsp3) is 0.636. The van der Waals surface area contributed by atoms with Gasteiger partial charge in [0.25, 0.3) is 0 Å². The van der Waals surface area contributed by atoms with Crippen molar-refractivity contribution >= 4 is 17.5 Å². The molecule has 0 spiro atoms. The van der Waals surface area contributed by atoms with Crippen LogP contribution in [0.1, 0.15) is 31.4 Å². The molecule has 4 N–H and O–H groups in total. The average Bonchev–Trinajstić information content (AvgIpc) is 2.77. The molecule has 5 nitrogen and oxygen atoms in total. The van der Waals surface area contributed by atoms with Crippen LogP contribution < -0.4 is 16.4 Å². The molecule has 0 unspecified atom stereocenters. The van der Waals surface area contributed by atoms with Crippen LogP contribution in [-0.4, -0.2) is 23.1 Å². The highest BCUT2D eigenvalue weighted by Crippen LogP contribution is 2.26. The van der Waals surface area contributed by atoms with Crippen LogP contribution >= 0.6 is 0 Å². The Morgan fingerprint density at radius 2 is 1.94 bits per heavy atom. The number of nitrogen functional groups attached to an aromatic ring is 1. The molecule has 0 aliphatic heterocycles. The van der Waals surface area contributed by atoms with Gasteiger partial charge in [-0.1, -0.05) is 12.8 Å². The Bertz CT molecular complexity index is 371. The van der Waals surface area contributed by atoms with Crippen molar-refractivity contribution < 1.29 is 0 Å². The van der Waals surface area contributed by atoms with E-state index in [0.717, 1.165) is 11.5 Å². The molecule has 1 aromatic heterocycles. The number of nitrogens with one attached hydrogen (secondary N) is 2. The summed E-state index contributed by atoms with van der Waals surface area (Å²) in [7, 11) is 1.81. The van der Waals surface area contributed by atoms with Crippen molar-refractivity contribution in [2.75, 3.05) is 23.4 Å². The topological polar surface area (TPSA) is 75.9 Å². The highest BCUT2D eigenvalue weighted by molar-refractivity contribution is 5.65. The number of hydrogen-bond donors (Lipinski definition) is 3. The predicted molar refractivity (Wildman–Crippen MR) is 66.6 cm³/mol. The molecule has 0 atom stereocenters. The summed E-state index contributed by atoms with van der Waals surface area (Å²) >= 11 is 0. The second-order valence-electron chi connectivity index (χ2n) is 4.27. The number of nitrogens with two attached hydrogens (primary N) is 1. The molecule has 2 rings (SSSR count). The zero-order valence-corrected chi connectivity index (χ0v) is 9.88. The van der Waals surface area contributed by atoms with Crippen LogP contribution in [0, 0.1) is 6.92 Å². The van der Waals surface area contributed by atoms with Gasteiger partial charge in [-0.05, 0) is 19.8 Å². The largest absolute Gasteiger partial charge is 0.394 e. The summed E-state index contributed by atoms with van der Waals surface area (Å²) in [6.07, 6.45) is 5.00. The van der Waals surface area contributed by atoms with Gasteiger partial charge in [-0.25, -0.2) is 4.98 Å². The van der Waals surface area contributed by atoms with E-state index in [2.05, 4.69) is 20.6 Å². The van der Waals surface area contributed by atoms with E-state index in [-0.39, 0.29) is 0 Å². The van der Waals surface area contributed by atoms with E-state index in [9.17, 15) is 0 Å². The second-order valence-corrected chi connectivity index (χ2v) is 4.27. The third-order valence-electron chi connectivity index (χ3n) is 3.06. The molecule has 1 fully saturated rings. The number of aromatic nitrogens is 2. The fourth-order valence-electron chi connectivity index (χ4n) is 2.07. The summed E-state index contributed by atoms with van der Waals surface area (Å²) in [5.41, 5.74) is 7.45. The summed E-state index contributed by atoms with van der Waals surface area (Å²) in [5, 5.41) is 6.35. The van der Waals surface area contributed by atoms with Crippen molar-refractivity contribution in [2.24, 2.45) is 0 Å². The van der Waals surface area contributed by atoms with Crippen LogP contribution in [-0.2, 0) is 0 Å². The molecule has 1 aliphatic rings. The molecule has 0 radical (unpaired) electrons. The van der Waals surface area contributed by atoms with E-state index < -0.39 is 0 Å². The summed E-state index contributed by atoms with van der Waals surface area (Å²) in [4.78, 5) is 8.60. The Kier molecular flexibility index (Phi) is 3.12. The molecule has 0 saturated heterocycles. The van der Waals surface area contributed by atoms with Crippen molar-refractivity contribution in [3.63, 3.8) is 0 Å². The van der Waals surface area contributed by atoms with E-state index in [1.54, 1.807) is 0 Å². The Labute approximate surface area is 95.9 Å². The average molecular weight is 221 g/mol. The highest BCUT2D eigenvalue weighted by Gasteiger charge is 2.17. The summed E-state index contributed by atoms with van der Waals surface area (Å²) in [6.45, 7) is 1.90. The first-order chi connectivity index (χ1) is 7.70.